The largest absolute Gasteiger partial charge is 0.393 e. The van der Waals surface area contributed by atoms with Crippen LogP contribution in [0.25, 0.3) is 0 Å². The van der Waals surface area contributed by atoms with Gasteiger partial charge in [-0.15, -0.1) is 0 Å². The summed E-state index contributed by atoms with van der Waals surface area (Å²) in [4.78, 5) is 2.30. The average molecular weight is 266 g/mol. The molecule has 3 nitrogen and oxygen atoms in total. The molecule has 2 unspecified atom stereocenters. The minimum absolute atomic E-state index is 0.0747. The van der Waals surface area contributed by atoms with E-state index in [1.165, 1.54) is 6.07 Å². The Labute approximate surface area is 114 Å². The fourth-order valence-electron chi connectivity index (χ4n) is 2.92. The lowest BCUT2D eigenvalue weighted by atomic mass is 9.90. The number of hydrogen-bond acceptors (Lipinski definition) is 3. The van der Waals surface area contributed by atoms with E-state index in [1.54, 1.807) is 12.1 Å². The maximum atomic E-state index is 13.3. The number of halogens is 1. The highest BCUT2D eigenvalue weighted by Crippen LogP contribution is 2.28. The fraction of sp³-hybridized carbons (Fsp3) is 0.600. The number of hydrogen-bond donors (Lipinski definition) is 2. The smallest absolute Gasteiger partial charge is 0.123 e. The molecule has 0 spiro atoms. The predicted octanol–water partition coefficient (Wildman–Crippen LogP) is 1.92. The molecule has 1 heterocycles. The summed E-state index contributed by atoms with van der Waals surface area (Å²) < 4.78 is 13.3. The molecule has 19 heavy (non-hydrogen) atoms. The Kier molecular flexibility index (Phi) is 4.91. The molecule has 2 rings (SSSR count). The summed E-state index contributed by atoms with van der Waals surface area (Å²) in [5.74, 6) is 0.164. The predicted molar refractivity (Wildman–Crippen MR) is 74.2 cm³/mol. The lowest BCUT2D eigenvalue weighted by molar-refractivity contribution is 0.0568. The Balaban J connectivity index is 2.03. The molecule has 1 saturated heterocycles. The standard InChI is InChI=1S/C15H23FN2O/c1-11(19)12-5-7-18(8-6-12)15(10-17)13-3-2-4-14(16)9-13/h2-4,9,11-12,15,19H,5-8,10,17H2,1H3. The normalized spacial score (nSPS) is 21.3. The quantitative estimate of drug-likeness (QED) is 0.875. The van der Waals surface area contributed by atoms with E-state index in [-0.39, 0.29) is 18.0 Å². The van der Waals surface area contributed by atoms with E-state index in [0.29, 0.717) is 12.5 Å². The third kappa shape index (κ3) is 3.53. The first-order chi connectivity index (χ1) is 9.11. The monoisotopic (exact) mass is 266 g/mol. The lowest BCUT2D eigenvalue weighted by Gasteiger charge is -2.38. The van der Waals surface area contributed by atoms with E-state index in [1.807, 2.05) is 13.0 Å². The zero-order valence-electron chi connectivity index (χ0n) is 11.4. The van der Waals surface area contributed by atoms with Gasteiger partial charge in [0.05, 0.1) is 6.10 Å². The van der Waals surface area contributed by atoms with Crippen LogP contribution in [0.5, 0.6) is 0 Å². The fourth-order valence-corrected chi connectivity index (χ4v) is 2.92. The molecule has 0 saturated carbocycles. The highest BCUT2D eigenvalue weighted by Gasteiger charge is 2.27. The first kappa shape index (κ1) is 14.4. The van der Waals surface area contributed by atoms with Gasteiger partial charge in [-0.25, -0.2) is 4.39 Å². The Morgan fingerprint density at radius 1 is 1.42 bits per heavy atom. The first-order valence-corrected chi connectivity index (χ1v) is 6.99. The van der Waals surface area contributed by atoms with Gasteiger partial charge < -0.3 is 10.8 Å². The van der Waals surface area contributed by atoms with E-state index in [0.717, 1.165) is 31.5 Å². The van der Waals surface area contributed by atoms with Crippen molar-refractivity contribution in [2.24, 2.45) is 11.7 Å². The summed E-state index contributed by atoms with van der Waals surface area (Å²) >= 11 is 0. The number of aliphatic hydroxyl groups is 1. The van der Waals surface area contributed by atoms with Crippen molar-refractivity contribution < 1.29 is 9.50 Å². The molecule has 0 radical (unpaired) electrons. The number of rotatable bonds is 4. The van der Waals surface area contributed by atoms with E-state index < -0.39 is 0 Å². The molecule has 1 fully saturated rings. The number of nitrogens with zero attached hydrogens (tertiary/aromatic N) is 1. The highest BCUT2D eigenvalue weighted by molar-refractivity contribution is 5.20. The summed E-state index contributed by atoms with van der Waals surface area (Å²) in [6.07, 6.45) is 1.71. The molecule has 0 amide bonds. The molecule has 0 aromatic heterocycles. The van der Waals surface area contributed by atoms with Crippen molar-refractivity contribution in [1.82, 2.24) is 4.90 Å². The van der Waals surface area contributed by atoms with Crippen LogP contribution in [-0.2, 0) is 0 Å². The van der Waals surface area contributed by atoms with Crippen LogP contribution >= 0.6 is 0 Å². The third-order valence-electron chi connectivity index (χ3n) is 4.15. The van der Waals surface area contributed by atoms with Gasteiger partial charge in [-0.3, -0.25) is 4.90 Å². The van der Waals surface area contributed by atoms with Gasteiger partial charge in [0, 0.05) is 12.6 Å². The molecular formula is C15H23FN2O. The Hall–Kier alpha value is -0.970. The summed E-state index contributed by atoms with van der Waals surface area (Å²) in [6, 6.07) is 6.76. The molecule has 1 aliphatic rings. The molecule has 1 aliphatic heterocycles. The number of aliphatic hydroxyl groups excluding tert-OH is 1. The zero-order valence-corrected chi connectivity index (χ0v) is 11.4. The van der Waals surface area contributed by atoms with Crippen LogP contribution in [0.15, 0.2) is 24.3 Å². The van der Waals surface area contributed by atoms with Crippen LogP contribution in [0.1, 0.15) is 31.4 Å². The second kappa shape index (κ2) is 6.46. The SMILES string of the molecule is CC(O)C1CCN(C(CN)c2cccc(F)c2)CC1. The first-order valence-electron chi connectivity index (χ1n) is 6.99. The minimum Gasteiger partial charge on any atom is -0.393 e. The van der Waals surface area contributed by atoms with Gasteiger partial charge in [0.2, 0.25) is 0 Å². The topological polar surface area (TPSA) is 49.5 Å². The van der Waals surface area contributed by atoms with Gasteiger partial charge in [-0.1, -0.05) is 12.1 Å². The number of likely N-dealkylation sites (tertiary alicyclic amines) is 1. The average Bonchev–Trinajstić information content (AvgIpc) is 2.40. The molecule has 3 N–H and O–H groups in total. The van der Waals surface area contributed by atoms with Crippen molar-refractivity contribution in [2.75, 3.05) is 19.6 Å². The van der Waals surface area contributed by atoms with E-state index in [4.69, 9.17) is 5.73 Å². The number of benzene rings is 1. The van der Waals surface area contributed by atoms with Gasteiger partial charge in [0.15, 0.2) is 0 Å². The van der Waals surface area contributed by atoms with Gasteiger partial charge in [-0.2, -0.15) is 0 Å². The van der Waals surface area contributed by atoms with Crippen LogP contribution in [0.4, 0.5) is 4.39 Å². The van der Waals surface area contributed by atoms with Crippen molar-refractivity contribution >= 4 is 0 Å². The van der Waals surface area contributed by atoms with Gasteiger partial charge in [0.25, 0.3) is 0 Å². The second-order valence-corrected chi connectivity index (χ2v) is 5.42. The number of piperidine rings is 1. The summed E-state index contributed by atoms with van der Waals surface area (Å²) in [7, 11) is 0. The van der Waals surface area contributed by atoms with Crippen LogP contribution < -0.4 is 5.73 Å². The maximum Gasteiger partial charge on any atom is 0.123 e. The molecule has 0 bridgehead atoms. The Morgan fingerprint density at radius 2 is 2.11 bits per heavy atom. The van der Waals surface area contributed by atoms with Crippen LogP contribution in [0.3, 0.4) is 0 Å². The van der Waals surface area contributed by atoms with Crippen LogP contribution in [-0.4, -0.2) is 35.7 Å². The van der Waals surface area contributed by atoms with Gasteiger partial charge in [0.1, 0.15) is 5.82 Å². The molecule has 4 heteroatoms. The molecule has 106 valence electrons. The second-order valence-electron chi connectivity index (χ2n) is 5.42. The highest BCUT2D eigenvalue weighted by atomic mass is 19.1. The number of nitrogens with two attached hydrogens (primary N) is 1. The molecule has 2 atom stereocenters. The van der Waals surface area contributed by atoms with E-state index in [9.17, 15) is 9.50 Å². The van der Waals surface area contributed by atoms with Gasteiger partial charge >= 0.3 is 0 Å². The summed E-state index contributed by atoms with van der Waals surface area (Å²) in [6.45, 7) is 4.16. The third-order valence-corrected chi connectivity index (χ3v) is 4.15. The molecule has 0 aliphatic carbocycles. The van der Waals surface area contributed by atoms with Crippen LogP contribution in [0.2, 0.25) is 0 Å². The zero-order chi connectivity index (χ0) is 13.8. The molecule has 1 aromatic rings. The van der Waals surface area contributed by atoms with Crippen molar-refractivity contribution in [3.63, 3.8) is 0 Å². The van der Waals surface area contributed by atoms with E-state index >= 15 is 0 Å². The summed E-state index contributed by atoms with van der Waals surface area (Å²) in [5, 5.41) is 9.62. The van der Waals surface area contributed by atoms with Crippen molar-refractivity contribution in [3.8, 4) is 0 Å². The molecular weight excluding hydrogens is 243 g/mol. The molecule has 1 aromatic carbocycles. The lowest BCUT2D eigenvalue weighted by Crippen LogP contribution is -2.41. The van der Waals surface area contributed by atoms with Crippen molar-refractivity contribution in [3.05, 3.63) is 35.6 Å². The van der Waals surface area contributed by atoms with E-state index in [2.05, 4.69) is 4.90 Å². The Morgan fingerprint density at radius 3 is 2.63 bits per heavy atom. The Bertz CT molecular complexity index is 403. The van der Waals surface area contributed by atoms with Crippen LogP contribution in [0, 0.1) is 11.7 Å². The maximum absolute atomic E-state index is 13.3. The summed E-state index contributed by atoms with van der Waals surface area (Å²) in [5.41, 5.74) is 6.81. The van der Waals surface area contributed by atoms with Gasteiger partial charge in [-0.05, 0) is 56.5 Å². The minimum atomic E-state index is -0.243. The van der Waals surface area contributed by atoms with Crippen molar-refractivity contribution in [2.45, 2.75) is 31.9 Å². The van der Waals surface area contributed by atoms with Crippen molar-refractivity contribution in [1.29, 1.82) is 0 Å².